The number of nitriles is 1. The highest BCUT2D eigenvalue weighted by atomic mass is 15.1. The highest BCUT2D eigenvalue weighted by molar-refractivity contribution is 5.80. The summed E-state index contributed by atoms with van der Waals surface area (Å²) >= 11 is 0. The largest absolute Gasteiger partial charge is 0.342 e. The average molecular weight is 341 g/mol. The van der Waals surface area contributed by atoms with Crippen LogP contribution in [0.25, 0.3) is 11.0 Å². The summed E-state index contributed by atoms with van der Waals surface area (Å²) in [7, 11) is 0. The van der Waals surface area contributed by atoms with Crippen molar-refractivity contribution in [3.63, 3.8) is 0 Å². The zero-order chi connectivity index (χ0) is 17.9. The van der Waals surface area contributed by atoms with Crippen LogP contribution in [0.15, 0.2) is 54.7 Å². The number of nitrogens with one attached hydrogen (secondary N) is 3. The van der Waals surface area contributed by atoms with Crippen molar-refractivity contribution in [2.24, 2.45) is 0 Å². The maximum absolute atomic E-state index is 8.99. The average Bonchev–Trinajstić information content (AvgIpc) is 3.01. The number of nitrogens with zero attached hydrogens (tertiary/aromatic N) is 4. The SMILES string of the molecule is Cc1nc2cc(Nc3ccnc(Nc4cccc(C#N)c4)n3)ccc2[nH]1. The Labute approximate surface area is 149 Å². The van der Waals surface area contributed by atoms with Crippen molar-refractivity contribution < 1.29 is 0 Å². The second-order valence-electron chi connectivity index (χ2n) is 5.76. The normalized spacial score (nSPS) is 10.5. The Morgan fingerprint density at radius 3 is 2.77 bits per heavy atom. The highest BCUT2D eigenvalue weighted by Gasteiger charge is 2.04. The van der Waals surface area contributed by atoms with Crippen molar-refractivity contribution in [2.75, 3.05) is 10.6 Å². The van der Waals surface area contributed by atoms with Crippen LogP contribution in [-0.4, -0.2) is 19.9 Å². The van der Waals surface area contributed by atoms with E-state index in [1.165, 1.54) is 0 Å². The standard InChI is InChI=1S/C19H15N7/c1-12-22-16-6-5-15(10-17(16)23-12)24-18-7-8-21-19(26-18)25-14-4-2-3-13(9-14)11-20/h2-10H,1H3,(H,22,23)(H2,21,24,25,26). The van der Waals surface area contributed by atoms with Gasteiger partial charge >= 0.3 is 0 Å². The van der Waals surface area contributed by atoms with Crippen LogP contribution in [0.2, 0.25) is 0 Å². The first-order valence-corrected chi connectivity index (χ1v) is 8.03. The summed E-state index contributed by atoms with van der Waals surface area (Å²) in [6.45, 7) is 1.93. The van der Waals surface area contributed by atoms with Gasteiger partial charge in [-0.05, 0) is 49.4 Å². The van der Waals surface area contributed by atoms with Gasteiger partial charge in [0.15, 0.2) is 0 Å². The third-order valence-electron chi connectivity index (χ3n) is 3.78. The molecule has 26 heavy (non-hydrogen) atoms. The molecule has 0 aliphatic heterocycles. The van der Waals surface area contributed by atoms with Gasteiger partial charge in [0.2, 0.25) is 5.95 Å². The Kier molecular flexibility index (Phi) is 3.92. The smallest absolute Gasteiger partial charge is 0.229 e. The Morgan fingerprint density at radius 2 is 1.88 bits per heavy atom. The van der Waals surface area contributed by atoms with E-state index >= 15 is 0 Å². The van der Waals surface area contributed by atoms with E-state index in [-0.39, 0.29) is 0 Å². The molecule has 126 valence electrons. The minimum Gasteiger partial charge on any atom is -0.342 e. The summed E-state index contributed by atoms with van der Waals surface area (Å²) < 4.78 is 0. The van der Waals surface area contributed by atoms with Crippen LogP contribution in [0, 0.1) is 18.3 Å². The summed E-state index contributed by atoms with van der Waals surface area (Å²) in [6.07, 6.45) is 1.67. The molecule has 0 radical (unpaired) electrons. The quantitative estimate of drug-likeness (QED) is 0.518. The van der Waals surface area contributed by atoms with Crippen LogP contribution in [0.3, 0.4) is 0 Å². The molecule has 0 unspecified atom stereocenters. The van der Waals surface area contributed by atoms with Crippen LogP contribution < -0.4 is 10.6 Å². The molecule has 0 saturated carbocycles. The van der Waals surface area contributed by atoms with Crippen LogP contribution in [0.1, 0.15) is 11.4 Å². The molecule has 4 aromatic rings. The number of H-pyrrole nitrogens is 1. The number of rotatable bonds is 4. The molecule has 0 atom stereocenters. The molecule has 0 saturated heterocycles. The van der Waals surface area contributed by atoms with E-state index < -0.39 is 0 Å². The second-order valence-corrected chi connectivity index (χ2v) is 5.76. The number of fused-ring (bicyclic) bond motifs is 1. The molecule has 2 aromatic carbocycles. The summed E-state index contributed by atoms with van der Waals surface area (Å²) in [4.78, 5) is 16.3. The molecule has 0 amide bonds. The van der Waals surface area contributed by atoms with E-state index in [0.717, 1.165) is 28.2 Å². The first kappa shape index (κ1) is 15.6. The summed E-state index contributed by atoms with van der Waals surface area (Å²) in [6, 6.07) is 17.0. The minimum atomic E-state index is 0.446. The van der Waals surface area contributed by atoms with Crippen LogP contribution in [0.5, 0.6) is 0 Å². The lowest BCUT2D eigenvalue weighted by atomic mass is 10.2. The molecule has 0 spiro atoms. The van der Waals surface area contributed by atoms with Gasteiger partial charge in [-0.1, -0.05) is 6.07 Å². The maximum Gasteiger partial charge on any atom is 0.229 e. The van der Waals surface area contributed by atoms with Gasteiger partial charge < -0.3 is 15.6 Å². The summed E-state index contributed by atoms with van der Waals surface area (Å²) in [5.41, 5.74) is 4.12. The van der Waals surface area contributed by atoms with Crippen molar-refractivity contribution in [3.05, 3.63) is 66.1 Å². The zero-order valence-corrected chi connectivity index (χ0v) is 14.0. The van der Waals surface area contributed by atoms with Gasteiger partial charge in [-0.3, -0.25) is 0 Å². The van der Waals surface area contributed by atoms with E-state index in [9.17, 15) is 0 Å². The van der Waals surface area contributed by atoms with E-state index in [2.05, 4.69) is 36.6 Å². The zero-order valence-electron chi connectivity index (χ0n) is 14.0. The van der Waals surface area contributed by atoms with Gasteiger partial charge in [0, 0.05) is 17.6 Å². The van der Waals surface area contributed by atoms with Crippen molar-refractivity contribution in [3.8, 4) is 6.07 Å². The molecule has 0 bridgehead atoms. The Morgan fingerprint density at radius 1 is 1.00 bits per heavy atom. The molecular weight excluding hydrogens is 326 g/mol. The van der Waals surface area contributed by atoms with Gasteiger partial charge in [0.25, 0.3) is 0 Å². The van der Waals surface area contributed by atoms with Gasteiger partial charge in [0.1, 0.15) is 11.6 Å². The monoisotopic (exact) mass is 341 g/mol. The third-order valence-corrected chi connectivity index (χ3v) is 3.78. The number of benzene rings is 2. The Hall–Kier alpha value is -3.92. The molecule has 3 N–H and O–H groups in total. The number of aromatic nitrogens is 4. The molecular formula is C19H15N7. The minimum absolute atomic E-state index is 0.446. The van der Waals surface area contributed by atoms with Crippen molar-refractivity contribution >= 4 is 34.2 Å². The maximum atomic E-state index is 8.99. The Bertz CT molecular complexity index is 1120. The molecule has 2 aromatic heterocycles. The number of hydrogen-bond donors (Lipinski definition) is 3. The fraction of sp³-hybridized carbons (Fsp3) is 0.0526. The molecule has 7 nitrogen and oxygen atoms in total. The predicted molar refractivity (Wildman–Crippen MR) is 101 cm³/mol. The number of hydrogen-bond acceptors (Lipinski definition) is 6. The van der Waals surface area contributed by atoms with E-state index in [4.69, 9.17) is 5.26 Å². The molecule has 0 aliphatic carbocycles. The van der Waals surface area contributed by atoms with Crippen LogP contribution in [0.4, 0.5) is 23.1 Å². The molecule has 7 heteroatoms. The van der Waals surface area contributed by atoms with Gasteiger partial charge in [-0.2, -0.15) is 10.2 Å². The van der Waals surface area contributed by atoms with Crippen molar-refractivity contribution in [1.82, 2.24) is 19.9 Å². The molecule has 4 rings (SSSR count). The fourth-order valence-electron chi connectivity index (χ4n) is 2.64. The van der Waals surface area contributed by atoms with Gasteiger partial charge in [-0.15, -0.1) is 0 Å². The number of aryl methyl sites for hydroxylation is 1. The lowest BCUT2D eigenvalue weighted by Gasteiger charge is -2.08. The van der Waals surface area contributed by atoms with Crippen molar-refractivity contribution in [1.29, 1.82) is 5.26 Å². The van der Waals surface area contributed by atoms with Crippen LogP contribution in [-0.2, 0) is 0 Å². The lowest BCUT2D eigenvalue weighted by Crippen LogP contribution is -2.00. The molecule has 0 fully saturated rings. The topological polar surface area (TPSA) is 102 Å². The summed E-state index contributed by atoms with van der Waals surface area (Å²) in [5, 5.41) is 15.4. The first-order valence-electron chi connectivity index (χ1n) is 8.03. The van der Waals surface area contributed by atoms with Gasteiger partial charge in [-0.25, -0.2) is 9.97 Å². The summed E-state index contributed by atoms with van der Waals surface area (Å²) in [5.74, 6) is 1.98. The lowest BCUT2D eigenvalue weighted by molar-refractivity contribution is 1.16. The number of imidazole rings is 1. The van der Waals surface area contributed by atoms with E-state index in [0.29, 0.717) is 17.3 Å². The van der Waals surface area contributed by atoms with E-state index in [1.807, 2.05) is 37.3 Å². The van der Waals surface area contributed by atoms with Crippen LogP contribution >= 0.6 is 0 Å². The Balaban J connectivity index is 1.55. The van der Waals surface area contributed by atoms with E-state index in [1.54, 1.807) is 24.4 Å². The van der Waals surface area contributed by atoms with Gasteiger partial charge in [0.05, 0.1) is 22.7 Å². The third kappa shape index (κ3) is 3.30. The number of anilines is 4. The molecule has 2 heterocycles. The predicted octanol–water partition coefficient (Wildman–Crippen LogP) is 4.02. The number of aromatic amines is 1. The second kappa shape index (κ2) is 6.53. The van der Waals surface area contributed by atoms with Crippen molar-refractivity contribution in [2.45, 2.75) is 6.92 Å². The highest BCUT2D eigenvalue weighted by Crippen LogP contribution is 2.21. The molecule has 0 aliphatic rings. The fourth-order valence-corrected chi connectivity index (χ4v) is 2.64. The first-order chi connectivity index (χ1) is 12.7.